The third kappa shape index (κ3) is 4.27. The van der Waals surface area contributed by atoms with Crippen LogP contribution in [0.2, 0.25) is 0 Å². The van der Waals surface area contributed by atoms with Crippen LogP contribution in [0, 0.1) is 6.92 Å². The van der Waals surface area contributed by atoms with Gasteiger partial charge in [-0.3, -0.25) is 18.7 Å². The highest BCUT2D eigenvalue weighted by atomic mass is 16.2. The fraction of sp³-hybridized carbons (Fsp3) is 0.357. The van der Waals surface area contributed by atoms with E-state index in [0.29, 0.717) is 37.1 Å². The highest BCUT2D eigenvalue weighted by Crippen LogP contribution is 2.37. The average molecular weight is 486 g/mol. The Morgan fingerprint density at radius 2 is 1.81 bits per heavy atom. The van der Waals surface area contributed by atoms with Crippen molar-refractivity contribution in [2.45, 2.75) is 51.7 Å². The van der Waals surface area contributed by atoms with Crippen molar-refractivity contribution in [2.24, 2.45) is 14.1 Å². The molecule has 1 amide bonds. The molecule has 0 fully saturated rings. The lowest BCUT2D eigenvalue weighted by atomic mass is 10.0. The molecule has 5 rings (SSSR count). The molecule has 1 atom stereocenters. The zero-order valence-corrected chi connectivity index (χ0v) is 21.0. The summed E-state index contributed by atoms with van der Waals surface area (Å²) in [5.41, 5.74) is 4.82. The fourth-order valence-electron chi connectivity index (χ4n) is 5.23. The monoisotopic (exact) mass is 485 g/mol. The summed E-state index contributed by atoms with van der Waals surface area (Å²) >= 11 is 0. The molecule has 0 N–H and O–H groups in total. The predicted octanol–water partition coefficient (Wildman–Crippen LogP) is 3.24. The SMILES string of the molecule is Cc1ccc(CN(C(=O)CCCn2cnc3c2c(=O)n(C)c(=O)n3C)C2CCc3ccccc32)cc1. The first-order valence-corrected chi connectivity index (χ1v) is 12.4. The van der Waals surface area contributed by atoms with E-state index in [0.717, 1.165) is 23.0 Å². The van der Waals surface area contributed by atoms with Crippen LogP contribution >= 0.6 is 0 Å². The van der Waals surface area contributed by atoms with Gasteiger partial charge in [-0.15, -0.1) is 0 Å². The van der Waals surface area contributed by atoms with Gasteiger partial charge < -0.3 is 9.47 Å². The van der Waals surface area contributed by atoms with Crippen molar-refractivity contribution in [1.29, 1.82) is 0 Å². The van der Waals surface area contributed by atoms with E-state index in [1.54, 1.807) is 17.9 Å². The molecule has 0 saturated heterocycles. The van der Waals surface area contributed by atoms with Gasteiger partial charge in [-0.05, 0) is 42.9 Å². The molecule has 1 aliphatic rings. The van der Waals surface area contributed by atoms with Crippen LogP contribution in [0.5, 0.6) is 0 Å². The van der Waals surface area contributed by atoms with E-state index in [1.165, 1.54) is 28.3 Å². The second-order valence-electron chi connectivity index (χ2n) is 9.68. The minimum Gasteiger partial charge on any atom is -0.331 e. The third-order valence-electron chi connectivity index (χ3n) is 7.28. The maximum absolute atomic E-state index is 13.6. The molecule has 186 valence electrons. The molecule has 8 heteroatoms. The number of fused-ring (bicyclic) bond motifs is 2. The number of aromatic nitrogens is 4. The van der Waals surface area contributed by atoms with Gasteiger partial charge in [0.05, 0.1) is 12.4 Å². The van der Waals surface area contributed by atoms with Crippen molar-refractivity contribution >= 4 is 17.1 Å². The molecule has 2 aromatic heterocycles. The maximum atomic E-state index is 13.6. The summed E-state index contributed by atoms with van der Waals surface area (Å²) in [5.74, 6) is 0.0991. The average Bonchev–Trinajstić information content (AvgIpc) is 3.50. The van der Waals surface area contributed by atoms with Crippen molar-refractivity contribution < 1.29 is 4.79 Å². The number of rotatable bonds is 7. The van der Waals surface area contributed by atoms with E-state index in [-0.39, 0.29) is 17.5 Å². The summed E-state index contributed by atoms with van der Waals surface area (Å²) in [7, 11) is 3.07. The van der Waals surface area contributed by atoms with Gasteiger partial charge in [0.25, 0.3) is 5.56 Å². The number of amides is 1. The lowest BCUT2D eigenvalue weighted by Gasteiger charge is -2.30. The second-order valence-corrected chi connectivity index (χ2v) is 9.68. The molecule has 2 aromatic carbocycles. The van der Waals surface area contributed by atoms with Gasteiger partial charge in [0.1, 0.15) is 0 Å². The molecule has 1 unspecified atom stereocenters. The van der Waals surface area contributed by atoms with Crippen molar-refractivity contribution in [3.05, 3.63) is 98.0 Å². The Morgan fingerprint density at radius 1 is 1.06 bits per heavy atom. The van der Waals surface area contributed by atoms with Crippen molar-refractivity contribution in [1.82, 2.24) is 23.6 Å². The highest BCUT2D eigenvalue weighted by molar-refractivity contribution is 5.77. The molecular weight excluding hydrogens is 454 g/mol. The molecule has 0 bridgehead atoms. The third-order valence-corrected chi connectivity index (χ3v) is 7.28. The summed E-state index contributed by atoms with van der Waals surface area (Å²) in [6.07, 6.45) is 4.40. The van der Waals surface area contributed by atoms with Crippen LogP contribution in [0.1, 0.15) is 47.6 Å². The molecule has 0 radical (unpaired) electrons. The Balaban J connectivity index is 1.36. The van der Waals surface area contributed by atoms with Crippen LogP contribution in [0.25, 0.3) is 11.2 Å². The Hall–Kier alpha value is -3.94. The highest BCUT2D eigenvalue weighted by Gasteiger charge is 2.30. The van der Waals surface area contributed by atoms with Crippen LogP contribution in [0.3, 0.4) is 0 Å². The Labute approximate surface area is 209 Å². The van der Waals surface area contributed by atoms with Gasteiger partial charge in [-0.25, -0.2) is 9.78 Å². The van der Waals surface area contributed by atoms with Crippen molar-refractivity contribution in [3.63, 3.8) is 0 Å². The zero-order chi connectivity index (χ0) is 25.4. The summed E-state index contributed by atoms with van der Waals surface area (Å²) < 4.78 is 4.21. The van der Waals surface area contributed by atoms with Crippen LogP contribution in [0.4, 0.5) is 0 Å². The van der Waals surface area contributed by atoms with Crippen LogP contribution in [-0.2, 0) is 38.4 Å². The standard InChI is InChI=1S/C28H31N5O3/c1-19-10-12-20(13-11-19)17-33(23-15-14-21-7-4-5-8-22(21)23)24(34)9-6-16-32-18-29-26-25(32)27(35)31(3)28(36)30(26)2/h4-5,7-8,10-13,18,23H,6,9,14-17H2,1-3H3. The summed E-state index contributed by atoms with van der Waals surface area (Å²) in [6, 6.07) is 16.8. The molecule has 0 spiro atoms. The topological polar surface area (TPSA) is 82.1 Å². The van der Waals surface area contributed by atoms with Gasteiger partial charge in [0.15, 0.2) is 11.2 Å². The molecule has 36 heavy (non-hydrogen) atoms. The van der Waals surface area contributed by atoms with E-state index in [4.69, 9.17) is 0 Å². The van der Waals surface area contributed by atoms with Crippen molar-refractivity contribution in [2.75, 3.05) is 0 Å². The van der Waals surface area contributed by atoms with E-state index in [2.05, 4.69) is 54.4 Å². The normalized spacial score (nSPS) is 14.8. The number of benzene rings is 2. The number of hydrogen-bond donors (Lipinski definition) is 0. The first-order valence-electron chi connectivity index (χ1n) is 12.4. The van der Waals surface area contributed by atoms with Crippen molar-refractivity contribution in [3.8, 4) is 0 Å². The minimum absolute atomic E-state index is 0.0610. The lowest BCUT2D eigenvalue weighted by Crippen LogP contribution is -2.37. The number of hydrogen-bond acceptors (Lipinski definition) is 4. The Morgan fingerprint density at radius 3 is 2.58 bits per heavy atom. The number of aryl methyl sites for hydroxylation is 4. The van der Waals surface area contributed by atoms with Gasteiger partial charge in [0.2, 0.25) is 5.91 Å². The number of imidazole rings is 1. The number of nitrogens with zero attached hydrogens (tertiary/aromatic N) is 5. The second kappa shape index (κ2) is 9.60. The smallest absolute Gasteiger partial charge is 0.331 e. The number of carbonyl (C=O) groups is 1. The summed E-state index contributed by atoms with van der Waals surface area (Å²) in [5, 5.41) is 0. The first kappa shape index (κ1) is 23.8. The minimum atomic E-state index is -0.406. The summed E-state index contributed by atoms with van der Waals surface area (Å²) in [6.45, 7) is 3.09. The fourth-order valence-corrected chi connectivity index (χ4v) is 5.23. The molecular formula is C28H31N5O3. The van der Waals surface area contributed by atoms with Gasteiger partial charge in [-0.1, -0.05) is 54.1 Å². The van der Waals surface area contributed by atoms with Crippen LogP contribution in [-0.4, -0.2) is 29.5 Å². The maximum Gasteiger partial charge on any atom is 0.332 e. The van der Waals surface area contributed by atoms with Gasteiger partial charge in [-0.2, -0.15) is 0 Å². The van der Waals surface area contributed by atoms with E-state index >= 15 is 0 Å². The lowest BCUT2D eigenvalue weighted by molar-refractivity contribution is -0.134. The molecule has 0 saturated carbocycles. The van der Waals surface area contributed by atoms with E-state index in [1.807, 2.05) is 11.0 Å². The Kier molecular flexibility index (Phi) is 6.35. The predicted molar refractivity (Wildman–Crippen MR) is 139 cm³/mol. The summed E-state index contributed by atoms with van der Waals surface area (Å²) in [4.78, 5) is 44.8. The van der Waals surface area contributed by atoms with E-state index in [9.17, 15) is 14.4 Å². The van der Waals surface area contributed by atoms with Gasteiger partial charge >= 0.3 is 5.69 Å². The Bertz CT molecular complexity index is 1540. The number of carbonyl (C=O) groups excluding carboxylic acids is 1. The molecule has 2 heterocycles. The largest absolute Gasteiger partial charge is 0.332 e. The van der Waals surface area contributed by atoms with E-state index < -0.39 is 5.69 Å². The molecule has 4 aromatic rings. The zero-order valence-electron chi connectivity index (χ0n) is 21.0. The molecule has 0 aliphatic heterocycles. The molecule has 1 aliphatic carbocycles. The van der Waals surface area contributed by atoms with Crippen LogP contribution in [0.15, 0.2) is 64.4 Å². The first-order chi connectivity index (χ1) is 17.3. The van der Waals surface area contributed by atoms with Gasteiger partial charge in [0, 0.05) is 33.6 Å². The quantitative estimate of drug-likeness (QED) is 0.402. The van der Waals surface area contributed by atoms with Crippen LogP contribution < -0.4 is 11.2 Å². The molecule has 8 nitrogen and oxygen atoms in total.